The molecule has 15 heavy (non-hydrogen) atoms. The Balaban J connectivity index is 2.76. The van der Waals surface area contributed by atoms with Crippen molar-refractivity contribution in [2.45, 2.75) is 26.4 Å². The van der Waals surface area contributed by atoms with Crippen LogP contribution in [0.3, 0.4) is 0 Å². The monoisotopic (exact) mass is 201 g/mol. The number of aliphatic hydroxyl groups is 1. The summed E-state index contributed by atoms with van der Waals surface area (Å²) < 4.78 is 0. The largest absolute Gasteiger partial charge is 0.392 e. The van der Waals surface area contributed by atoms with E-state index in [1.54, 1.807) is 0 Å². The van der Waals surface area contributed by atoms with Gasteiger partial charge in [-0.2, -0.15) is 0 Å². The molecule has 0 saturated heterocycles. The minimum absolute atomic E-state index is 0.0822. The van der Waals surface area contributed by atoms with Gasteiger partial charge in [0.25, 0.3) is 0 Å². The van der Waals surface area contributed by atoms with Crippen molar-refractivity contribution in [2.24, 2.45) is 0 Å². The van der Waals surface area contributed by atoms with Crippen molar-refractivity contribution >= 4 is 10.8 Å². The van der Waals surface area contributed by atoms with Gasteiger partial charge in [0.1, 0.15) is 0 Å². The molecule has 2 heteroatoms. The highest BCUT2D eigenvalue weighted by Crippen LogP contribution is 2.25. The summed E-state index contributed by atoms with van der Waals surface area (Å²) in [5, 5.41) is 11.5. The summed E-state index contributed by atoms with van der Waals surface area (Å²) in [4.78, 5) is 4.40. The predicted molar refractivity (Wildman–Crippen MR) is 61.8 cm³/mol. The molecule has 2 aromatic rings. The van der Waals surface area contributed by atoms with Gasteiger partial charge in [-0.15, -0.1) is 0 Å². The van der Waals surface area contributed by atoms with E-state index in [1.807, 2.05) is 24.4 Å². The summed E-state index contributed by atoms with van der Waals surface area (Å²) in [5.74, 6) is 0.405. The minimum atomic E-state index is 0.0822. The van der Waals surface area contributed by atoms with Crippen molar-refractivity contribution in [3.8, 4) is 0 Å². The van der Waals surface area contributed by atoms with Gasteiger partial charge in [0.2, 0.25) is 0 Å². The van der Waals surface area contributed by atoms with Crippen LogP contribution in [0.4, 0.5) is 0 Å². The van der Waals surface area contributed by atoms with Crippen LogP contribution in [0.2, 0.25) is 0 Å². The fourth-order valence-corrected chi connectivity index (χ4v) is 1.89. The zero-order chi connectivity index (χ0) is 10.8. The maximum atomic E-state index is 9.24. The molecule has 1 aromatic heterocycles. The Labute approximate surface area is 89.6 Å². The first-order valence-corrected chi connectivity index (χ1v) is 5.21. The van der Waals surface area contributed by atoms with Gasteiger partial charge < -0.3 is 5.11 Å². The lowest BCUT2D eigenvalue weighted by Crippen LogP contribution is -1.95. The molecule has 0 aliphatic carbocycles. The van der Waals surface area contributed by atoms with Gasteiger partial charge >= 0.3 is 0 Å². The first-order valence-electron chi connectivity index (χ1n) is 5.21. The highest BCUT2D eigenvalue weighted by molar-refractivity contribution is 5.87. The van der Waals surface area contributed by atoms with Crippen molar-refractivity contribution in [2.75, 3.05) is 0 Å². The van der Waals surface area contributed by atoms with Crippen LogP contribution in [0.1, 0.15) is 31.0 Å². The third-order valence-corrected chi connectivity index (χ3v) is 2.64. The zero-order valence-corrected chi connectivity index (χ0v) is 9.07. The van der Waals surface area contributed by atoms with Gasteiger partial charge in [0.05, 0.1) is 12.3 Å². The number of benzene rings is 1. The SMILES string of the molecule is CC(C)c1nccc2c(CO)cccc12. The highest BCUT2D eigenvalue weighted by atomic mass is 16.3. The molecule has 0 radical (unpaired) electrons. The lowest BCUT2D eigenvalue weighted by molar-refractivity contribution is 0.283. The lowest BCUT2D eigenvalue weighted by Gasteiger charge is -2.10. The predicted octanol–water partition coefficient (Wildman–Crippen LogP) is 2.85. The average molecular weight is 201 g/mol. The fraction of sp³-hybridized carbons (Fsp3) is 0.308. The molecule has 0 amide bonds. The minimum Gasteiger partial charge on any atom is -0.392 e. The maximum absolute atomic E-state index is 9.24. The van der Waals surface area contributed by atoms with E-state index in [4.69, 9.17) is 0 Å². The standard InChI is InChI=1S/C13H15NO/c1-9(2)13-12-5-3-4-10(8-15)11(12)6-7-14-13/h3-7,9,15H,8H2,1-2H3. The summed E-state index contributed by atoms with van der Waals surface area (Å²) in [5.41, 5.74) is 2.07. The molecule has 0 atom stereocenters. The number of hydrogen-bond acceptors (Lipinski definition) is 2. The molecule has 0 unspecified atom stereocenters. The Bertz CT molecular complexity index is 477. The van der Waals surface area contributed by atoms with Crippen LogP contribution in [-0.4, -0.2) is 10.1 Å². The molecule has 0 saturated carbocycles. The first kappa shape index (κ1) is 10.1. The van der Waals surface area contributed by atoms with Crippen molar-refractivity contribution in [3.63, 3.8) is 0 Å². The molecule has 1 N–H and O–H groups in total. The summed E-state index contributed by atoms with van der Waals surface area (Å²) in [7, 11) is 0. The van der Waals surface area contributed by atoms with Crippen LogP contribution in [-0.2, 0) is 6.61 Å². The van der Waals surface area contributed by atoms with Gasteiger partial charge in [0.15, 0.2) is 0 Å². The summed E-state index contributed by atoms with van der Waals surface area (Å²) >= 11 is 0. The van der Waals surface area contributed by atoms with Crippen molar-refractivity contribution in [3.05, 3.63) is 41.7 Å². The number of nitrogens with zero attached hydrogens (tertiary/aromatic N) is 1. The number of fused-ring (bicyclic) bond motifs is 1. The number of aromatic nitrogens is 1. The van der Waals surface area contributed by atoms with Gasteiger partial charge in [-0.3, -0.25) is 4.98 Å². The van der Waals surface area contributed by atoms with Gasteiger partial charge in [-0.05, 0) is 22.9 Å². The molecule has 1 heterocycles. The number of aliphatic hydroxyl groups excluding tert-OH is 1. The van der Waals surface area contributed by atoms with Crippen molar-refractivity contribution in [1.29, 1.82) is 0 Å². The third-order valence-electron chi connectivity index (χ3n) is 2.64. The van der Waals surface area contributed by atoms with E-state index in [0.717, 1.165) is 22.0 Å². The maximum Gasteiger partial charge on any atom is 0.0687 e. The van der Waals surface area contributed by atoms with Crippen molar-refractivity contribution < 1.29 is 5.11 Å². The Hall–Kier alpha value is -1.41. The summed E-state index contributed by atoms with van der Waals surface area (Å²) in [6, 6.07) is 7.96. The van der Waals surface area contributed by atoms with E-state index in [1.165, 1.54) is 0 Å². The molecule has 0 aliphatic heterocycles. The van der Waals surface area contributed by atoms with Crippen LogP contribution in [0, 0.1) is 0 Å². The second kappa shape index (κ2) is 3.99. The molecule has 0 fully saturated rings. The van der Waals surface area contributed by atoms with E-state index >= 15 is 0 Å². The van der Waals surface area contributed by atoms with E-state index in [9.17, 15) is 5.11 Å². The highest BCUT2D eigenvalue weighted by Gasteiger charge is 2.07. The summed E-state index contributed by atoms with van der Waals surface area (Å²) in [6.45, 7) is 4.35. The Kier molecular flexibility index (Phi) is 2.69. The van der Waals surface area contributed by atoms with Crippen LogP contribution in [0.5, 0.6) is 0 Å². The Morgan fingerprint density at radius 3 is 2.67 bits per heavy atom. The fourth-order valence-electron chi connectivity index (χ4n) is 1.89. The van der Waals surface area contributed by atoms with Crippen LogP contribution < -0.4 is 0 Å². The Morgan fingerprint density at radius 2 is 2.00 bits per heavy atom. The smallest absolute Gasteiger partial charge is 0.0687 e. The van der Waals surface area contributed by atoms with E-state index in [-0.39, 0.29) is 6.61 Å². The van der Waals surface area contributed by atoms with Gasteiger partial charge in [-0.1, -0.05) is 32.0 Å². The van der Waals surface area contributed by atoms with Gasteiger partial charge in [0, 0.05) is 11.6 Å². The second-order valence-corrected chi connectivity index (χ2v) is 4.02. The van der Waals surface area contributed by atoms with Gasteiger partial charge in [-0.25, -0.2) is 0 Å². The Morgan fingerprint density at radius 1 is 1.20 bits per heavy atom. The first-order chi connectivity index (χ1) is 7.24. The number of hydrogen-bond donors (Lipinski definition) is 1. The molecule has 78 valence electrons. The lowest BCUT2D eigenvalue weighted by atomic mass is 9.99. The van der Waals surface area contributed by atoms with Crippen LogP contribution in [0.15, 0.2) is 30.5 Å². The molecular weight excluding hydrogens is 186 g/mol. The molecule has 0 bridgehead atoms. The zero-order valence-electron chi connectivity index (χ0n) is 9.07. The molecule has 2 rings (SSSR count). The number of pyridine rings is 1. The molecular formula is C13H15NO. The quantitative estimate of drug-likeness (QED) is 0.810. The molecule has 0 spiro atoms. The van der Waals surface area contributed by atoms with Crippen LogP contribution in [0.25, 0.3) is 10.8 Å². The van der Waals surface area contributed by atoms with Crippen molar-refractivity contribution in [1.82, 2.24) is 4.98 Å². The normalized spacial score (nSPS) is 11.2. The van der Waals surface area contributed by atoms with E-state index in [0.29, 0.717) is 5.92 Å². The summed E-state index contributed by atoms with van der Waals surface area (Å²) in [6.07, 6.45) is 1.82. The van der Waals surface area contributed by atoms with E-state index in [2.05, 4.69) is 24.9 Å². The second-order valence-electron chi connectivity index (χ2n) is 4.02. The van der Waals surface area contributed by atoms with E-state index < -0.39 is 0 Å². The molecule has 0 aliphatic rings. The average Bonchev–Trinajstić information content (AvgIpc) is 2.27. The molecule has 1 aromatic carbocycles. The third kappa shape index (κ3) is 1.73. The van der Waals surface area contributed by atoms with Crippen LogP contribution >= 0.6 is 0 Å². The topological polar surface area (TPSA) is 33.1 Å². The molecule has 2 nitrogen and oxygen atoms in total. The number of rotatable bonds is 2.